The molecule has 1 aliphatic heterocycles. The summed E-state index contributed by atoms with van der Waals surface area (Å²) >= 11 is 12.2. The van der Waals surface area contributed by atoms with Crippen LogP contribution in [0.2, 0.25) is 10.0 Å². The number of esters is 1. The van der Waals surface area contributed by atoms with E-state index in [4.69, 9.17) is 32.5 Å². The summed E-state index contributed by atoms with van der Waals surface area (Å²) in [5.74, 6) is -1.44. The minimum absolute atomic E-state index is 0.0139. The molecule has 0 radical (unpaired) electrons. The van der Waals surface area contributed by atoms with Crippen molar-refractivity contribution in [2.45, 2.75) is 32.0 Å². The van der Waals surface area contributed by atoms with Crippen LogP contribution in [0, 0.1) is 0 Å². The highest BCUT2D eigenvalue weighted by Gasteiger charge is 2.55. The van der Waals surface area contributed by atoms with E-state index in [1.54, 1.807) is 50.2 Å². The lowest BCUT2D eigenvalue weighted by Crippen LogP contribution is -2.47. The summed E-state index contributed by atoms with van der Waals surface area (Å²) in [7, 11) is 1.26. The first-order chi connectivity index (χ1) is 16.6. The van der Waals surface area contributed by atoms with Crippen LogP contribution in [0.1, 0.15) is 26.4 Å². The Balaban J connectivity index is 1.88. The molecule has 4 rings (SSSR count). The van der Waals surface area contributed by atoms with Crippen LogP contribution in [0.25, 0.3) is 5.69 Å². The van der Waals surface area contributed by atoms with Gasteiger partial charge in [-0.2, -0.15) is 4.57 Å². The Bertz CT molecular complexity index is 1410. The summed E-state index contributed by atoms with van der Waals surface area (Å²) in [4.78, 5) is 54.4. The van der Waals surface area contributed by atoms with Crippen molar-refractivity contribution in [2.24, 2.45) is 0 Å². The Morgan fingerprint density at radius 2 is 1.63 bits per heavy atom. The molecule has 2 aromatic carbocycles. The smallest absolute Gasteiger partial charge is 0.447 e. The largest absolute Gasteiger partial charge is 0.469 e. The van der Waals surface area contributed by atoms with Gasteiger partial charge in [0, 0.05) is 22.3 Å². The Labute approximate surface area is 209 Å². The third kappa shape index (κ3) is 4.35. The number of urea groups is 1. The number of nitrogens with zero attached hydrogens (tertiary/aromatic N) is 4. The molecule has 0 unspecified atom stereocenters. The normalized spacial score (nSPS) is 17.2. The van der Waals surface area contributed by atoms with Gasteiger partial charge in [-0.25, -0.2) is 14.4 Å². The second-order valence-electron chi connectivity index (χ2n) is 8.42. The number of carbonyl (C=O) groups excluding carboxylic acids is 2. The maximum Gasteiger partial charge on any atom is 0.447 e. The zero-order valence-electron chi connectivity index (χ0n) is 19.1. The van der Waals surface area contributed by atoms with Crippen LogP contribution < -0.4 is 16.3 Å². The molecule has 1 fully saturated rings. The molecule has 35 heavy (non-hydrogen) atoms. The standard InChI is InChI=1S/C23H22Cl2N4O6/c1-23(2)19(29-21(32)28(22(33)35-29)17-9-5-7-15(25)13-17)27(16-8-4-6-14(24)12-16)20(31)26(23)11-10-18(30)34-3/h4-9,12-13,19H,10-11H2,1-3H3/t19-/m0/s1. The number of aromatic nitrogens is 2. The van der Waals surface area contributed by atoms with Crippen molar-refractivity contribution in [3.8, 4) is 5.69 Å². The number of hydrogen-bond acceptors (Lipinski definition) is 6. The number of anilines is 1. The van der Waals surface area contributed by atoms with Gasteiger partial charge in [0.15, 0.2) is 6.17 Å². The van der Waals surface area contributed by atoms with E-state index in [0.717, 1.165) is 9.31 Å². The van der Waals surface area contributed by atoms with E-state index in [1.807, 2.05) is 0 Å². The molecule has 10 nitrogen and oxygen atoms in total. The molecule has 0 spiro atoms. The zero-order chi connectivity index (χ0) is 25.5. The molecule has 1 saturated heterocycles. The lowest BCUT2D eigenvalue weighted by molar-refractivity contribution is -0.141. The van der Waals surface area contributed by atoms with Crippen LogP contribution in [0.15, 0.2) is 62.6 Å². The zero-order valence-corrected chi connectivity index (χ0v) is 20.6. The molecule has 184 valence electrons. The van der Waals surface area contributed by atoms with Crippen molar-refractivity contribution in [3.63, 3.8) is 0 Å². The van der Waals surface area contributed by atoms with Gasteiger partial charge in [0.05, 0.1) is 24.8 Å². The van der Waals surface area contributed by atoms with E-state index in [9.17, 15) is 19.2 Å². The van der Waals surface area contributed by atoms with Crippen LogP contribution in [0.4, 0.5) is 10.5 Å². The third-order valence-electron chi connectivity index (χ3n) is 5.89. The van der Waals surface area contributed by atoms with Gasteiger partial charge in [-0.15, -0.1) is 4.74 Å². The van der Waals surface area contributed by atoms with Gasteiger partial charge < -0.3 is 14.2 Å². The number of methoxy groups -OCH3 is 1. The molecule has 1 atom stereocenters. The van der Waals surface area contributed by atoms with Crippen molar-refractivity contribution in [2.75, 3.05) is 18.6 Å². The molecule has 2 heterocycles. The number of rotatable bonds is 6. The van der Waals surface area contributed by atoms with E-state index < -0.39 is 35.2 Å². The molecule has 3 aromatic rings. The van der Waals surface area contributed by atoms with Crippen molar-refractivity contribution < 1.29 is 18.8 Å². The van der Waals surface area contributed by atoms with Crippen molar-refractivity contribution in [3.05, 3.63) is 79.6 Å². The number of ether oxygens (including phenoxy) is 1. The number of amides is 2. The van der Waals surface area contributed by atoms with Gasteiger partial charge >= 0.3 is 23.4 Å². The maximum absolute atomic E-state index is 13.6. The van der Waals surface area contributed by atoms with Crippen molar-refractivity contribution >= 4 is 40.9 Å². The topological polar surface area (TPSA) is 107 Å². The van der Waals surface area contributed by atoms with Crippen LogP contribution in [0.3, 0.4) is 0 Å². The second kappa shape index (κ2) is 9.27. The molecule has 0 N–H and O–H groups in total. The summed E-state index contributed by atoms with van der Waals surface area (Å²) in [6.45, 7) is 3.43. The molecule has 1 aromatic heterocycles. The predicted molar refractivity (Wildman–Crippen MR) is 129 cm³/mol. The van der Waals surface area contributed by atoms with E-state index in [-0.39, 0.29) is 18.7 Å². The van der Waals surface area contributed by atoms with Gasteiger partial charge in [0.2, 0.25) is 0 Å². The van der Waals surface area contributed by atoms with E-state index >= 15 is 0 Å². The third-order valence-corrected chi connectivity index (χ3v) is 6.36. The average Bonchev–Trinajstić information content (AvgIpc) is 3.19. The first-order valence-electron chi connectivity index (χ1n) is 10.6. The first kappa shape index (κ1) is 24.6. The molecule has 12 heteroatoms. The fourth-order valence-electron chi connectivity index (χ4n) is 4.22. The van der Waals surface area contributed by atoms with Gasteiger partial charge in [0.25, 0.3) is 0 Å². The van der Waals surface area contributed by atoms with Crippen LogP contribution in [0.5, 0.6) is 0 Å². The fourth-order valence-corrected chi connectivity index (χ4v) is 4.59. The number of carbonyl (C=O) groups is 2. The van der Waals surface area contributed by atoms with Crippen LogP contribution in [-0.4, -0.2) is 45.4 Å². The average molecular weight is 521 g/mol. The summed E-state index contributed by atoms with van der Waals surface area (Å²) in [6, 6.07) is 12.2. The molecule has 0 bridgehead atoms. The summed E-state index contributed by atoms with van der Waals surface area (Å²) in [6.07, 6.45) is -1.16. The Hall–Kier alpha value is -3.50. The molecule has 1 aliphatic rings. The Kier molecular flexibility index (Phi) is 6.52. The van der Waals surface area contributed by atoms with Gasteiger partial charge in [-0.1, -0.05) is 35.3 Å². The SMILES string of the molecule is COC(=O)CCN1C(=O)N(c2cccc(Cl)c2)[C@@H](n2oc(=O)n(-c3cccc(Cl)c3)c2=O)C1(C)C. The molecule has 2 amide bonds. The first-order valence-corrected chi connectivity index (χ1v) is 11.4. The van der Waals surface area contributed by atoms with Gasteiger partial charge in [-0.3, -0.25) is 9.69 Å². The molecular formula is C23H22Cl2N4O6. The monoisotopic (exact) mass is 520 g/mol. The molecular weight excluding hydrogens is 499 g/mol. The van der Waals surface area contributed by atoms with Gasteiger partial charge in [0.1, 0.15) is 0 Å². The highest BCUT2D eigenvalue weighted by Crippen LogP contribution is 2.42. The Morgan fingerprint density at radius 1 is 1.03 bits per heavy atom. The fraction of sp³-hybridized carbons (Fsp3) is 0.304. The molecule has 0 saturated carbocycles. The maximum atomic E-state index is 13.6. The number of halogens is 2. The second-order valence-corrected chi connectivity index (χ2v) is 9.29. The highest BCUT2D eigenvalue weighted by molar-refractivity contribution is 6.31. The highest BCUT2D eigenvalue weighted by atomic mass is 35.5. The predicted octanol–water partition coefficient (Wildman–Crippen LogP) is 3.68. The van der Waals surface area contributed by atoms with Crippen molar-refractivity contribution in [1.82, 2.24) is 14.2 Å². The minimum Gasteiger partial charge on any atom is -0.469 e. The lowest BCUT2D eigenvalue weighted by Gasteiger charge is -2.33. The minimum atomic E-state index is -1.10. The van der Waals surface area contributed by atoms with Crippen LogP contribution in [-0.2, 0) is 9.53 Å². The van der Waals surface area contributed by atoms with E-state index in [1.165, 1.54) is 29.0 Å². The Morgan fingerprint density at radius 3 is 2.23 bits per heavy atom. The number of hydrogen-bond donors (Lipinski definition) is 0. The van der Waals surface area contributed by atoms with E-state index in [0.29, 0.717) is 15.7 Å². The lowest BCUT2D eigenvalue weighted by atomic mass is 10.00. The van der Waals surface area contributed by atoms with Gasteiger partial charge in [-0.05, 0) is 50.2 Å². The quantitative estimate of drug-likeness (QED) is 0.458. The van der Waals surface area contributed by atoms with Crippen LogP contribution >= 0.6 is 23.2 Å². The van der Waals surface area contributed by atoms with E-state index in [2.05, 4.69) is 0 Å². The van der Waals surface area contributed by atoms with Crippen molar-refractivity contribution in [1.29, 1.82) is 0 Å². The molecule has 0 aliphatic carbocycles. The number of benzene rings is 2. The summed E-state index contributed by atoms with van der Waals surface area (Å²) < 4.78 is 11.8. The summed E-state index contributed by atoms with van der Waals surface area (Å²) in [5.41, 5.74) is -1.31. The summed E-state index contributed by atoms with van der Waals surface area (Å²) in [5, 5.41) is 0.692.